The minimum Gasteiger partial charge on any atom is -0.479 e. The third-order valence-electron chi connectivity index (χ3n) is 3.30. The Morgan fingerprint density at radius 3 is 2.47 bits per heavy atom. The molecule has 1 unspecified atom stereocenters. The smallest absolute Gasteiger partial charge is 0.333 e. The van der Waals surface area contributed by atoms with Crippen LogP contribution in [0.3, 0.4) is 0 Å². The Balaban J connectivity index is 2.06. The maximum atomic E-state index is 11.8. The van der Waals surface area contributed by atoms with Crippen molar-refractivity contribution in [2.45, 2.75) is 31.3 Å². The summed E-state index contributed by atoms with van der Waals surface area (Å²) in [4.78, 5) is 23.3. The fraction of sp³-hybridized carbons (Fsp3) is 0.429. The van der Waals surface area contributed by atoms with Crippen molar-refractivity contribution in [2.75, 3.05) is 6.54 Å². The fourth-order valence-corrected chi connectivity index (χ4v) is 1.87. The van der Waals surface area contributed by atoms with Crippen molar-refractivity contribution in [3.05, 3.63) is 35.9 Å². The van der Waals surface area contributed by atoms with Gasteiger partial charge < -0.3 is 15.7 Å². The van der Waals surface area contributed by atoms with Gasteiger partial charge in [0.25, 0.3) is 0 Å². The van der Waals surface area contributed by atoms with Gasteiger partial charge in [0.15, 0.2) is 5.54 Å². The summed E-state index contributed by atoms with van der Waals surface area (Å²) in [5.74, 6) is -1.38. The summed E-state index contributed by atoms with van der Waals surface area (Å²) in [6.07, 6.45) is 2.17. The van der Waals surface area contributed by atoms with E-state index in [0.717, 1.165) is 12.8 Å². The molecule has 0 saturated heterocycles. The molecule has 1 aliphatic carbocycles. The van der Waals surface area contributed by atoms with Crippen LogP contribution in [0.1, 0.15) is 25.3 Å². The molecule has 5 heteroatoms. The number of aliphatic carboxylic acids is 1. The molecule has 2 rings (SSSR count). The van der Waals surface area contributed by atoms with Crippen molar-refractivity contribution >= 4 is 11.9 Å². The van der Waals surface area contributed by atoms with E-state index in [-0.39, 0.29) is 12.5 Å². The van der Waals surface area contributed by atoms with E-state index >= 15 is 0 Å². The van der Waals surface area contributed by atoms with Crippen LogP contribution in [0.4, 0.5) is 0 Å². The molecule has 0 spiro atoms. The predicted molar refractivity (Wildman–Crippen MR) is 70.6 cm³/mol. The molecular weight excluding hydrogens is 244 g/mol. The van der Waals surface area contributed by atoms with Crippen molar-refractivity contribution in [1.82, 2.24) is 10.6 Å². The maximum absolute atomic E-state index is 11.8. The number of rotatable bonds is 6. The molecule has 0 aromatic heterocycles. The van der Waals surface area contributed by atoms with Crippen molar-refractivity contribution < 1.29 is 14.7 Å². The second-order valence-electron chi connectivity index (χ2n) is 5.00. The number of nitrogens with one attached hydrogen (secondary N) is 2. The first-order valence-electron chi connectivity index (χ1n) is 6.35. The molecule has 0 bridgehead atoms. The summed E-state index contributed by atoms with van der Waals surface area (Å²) < 4.78 is 0. The van der Waals surface area contributed by atoms with Gasteiger partial charge in [0, 0.05) is 6.04 Å². The molecule has 1 atom stereocenters. The van der Waals surface area contributed by atoms with Crippen LogP contribution >= 0.6 is 0 Å². The summed E-state index contributed by atoms with van der Waals surface area (Å²) in [5.41, 5.74) is -0.842. The molecule has 1 aromatic rings. The lowest BCUT2D eigenvalue weighted by molar-refractivity contribution is -0.147. The fourth-order valence-electron chi connectivity index (χ4n) is 1.87. The van der Waals surface area contributed by atoms with E-state index in [1.807, 2.05) is 6.07 Å². The average molecular weight is 262 g/mol. The summed E-state index contributed by atoms with van der Waals surface area (Å²) in [6, 6.07) is 9.13. The van der Waals surface area contributed by atoms with Crippen LogP contribution < -0.4 is 10.6 Å². The third kappa shape index (κ3) is 3.32. The number of carboxylic acid groups (broad SMARTS) is 1. The first-order chi connectivity index (χ1) is 9.02. The summed E-state index contributed by atoms with van der Waals surface area (Å²) >= 11 is 0. The molecule has 1 amide bonds. The molecule has 5 nitrogen and oxygen atoms in total. The number of benzene rings is 1. The SMILES string of the molecule is CC(NC(=O)CNC1CC1)(C(=O)O)c1ccccc1. The number of hydrogen-bond acceptors (Lipinski definition) is 3. The maximum Gasteiger partial charge on any atom is 0.333 e. The third-order valence-corrected chi connectivity index (χ3v) is 3.30. The molecular formula is C14H18N2O3. The van der Waals surface area contributed by atoms with Crippen molar-refractivity contribution in [1.29, 1.82) is 0 Å². The van der Waals surface area contributed by atoms with Crippen LogP contribution in [0, 0.1) is 0 Å². The Hall–Kier alpha value is -1.88. The van der Waals surface area contributed by atoms with Gasteiger partial charge in [0.2, 0.25) is 5.91 Å². The molecule has 0 aliphatic heterocycles. The average Bonchev–Trinajstić information content (AvgIpc) is 3.21. The van der Waals surface area contributed by atoms with Gasteiger partial charge in [-0.1, -0.05) is 30.3 Å². The minimum atomic E-state index is -1.40. The highest BCUT2D eigenvalue weighted by atomic mass is 16.4. The van der Waals surface area contributed by atoms with Gasteiger partial charge in [-0.25, -0.2) is 4.79 Å². The van der Waals surface area contributed by atoms with Crippen LogP contribution in [-0.4, -0.2) is 29.6 Å². The number of hydrogen-bond donors (Lipinski definition) is 3. The number of carbonyl (C=O) groups is 2. The number of amides is 1. The van der Waals surface area contributed by atoms with Crippen molar-refractivity contribution in [2.24, 2.45) is 0 Å². The first-order valence-corrected chi connectivity index (χ1v) is 6.35. The van der Waals surface area contributed by atoms with Gasteiger partial charge in [-0.3, -0.25) is 4.79 Å². The quantitative estimate of drug-likeness (QED) is 0.710. The van der Waals surface area contributed by atoms with E-state index in [0.29, 0.717) is 11.6 Å². The molecule has 1 aromatic carbocycles. The van der Waals surface area contributed by atoms with Gasteiger partial charge in [-0.05, 0) is 25.3 Å². The Labute approximate surface area is 112 Å². The number of carbonyl (C=O) groups excluding carboxylic acids is 1. The summed E-state index contributed by atoms with van der Waals surface area (Å²) in [7, 11) is 0. The van der Waals surface area contributed by atoms with Crippen LogP contribution in [0.2, 0.25) is 0 Å². The zero-order valence-corrected chi connectivity index (χ0v) is 10.8. The molecule has 102 valence electrons. The highest BCUT2D eigenvalue weighted by molar-refractivity contribution is 5.88. The van der Waals surface area contributed by atoms with E-state index < -0.39 is 11.5 Å². The zero-order valence-electron chi connectivity index (χ0n) is 10.8. The van der Waals surface area contributed by atoms with E-state index in [1.165, 1.54) is 6.92 Å². The molecule has 0 heterocycles. The molecule has 1 fully saturated rings. The van der Waals surface area contributed by atoms with Crippen LogP contribution in [0.15, 0.2) is 30.3 Å². The molecule has 1 aliphatic rings. The Morgan fingerprint density at radius 2 is 1.95 bits per heavy atom. The van der Waals surface area contributed by atoms with Crippen LogP contribution in [0.25, 0.3) is 0 Å². The van der Waals surface area contributed by atoms with Gasteiger partial charge in [0.1, 0.15) is 0 Å². The normalized spacial score (nSPS) is 17.5. The van der Waals surface area contributed by atoms with Crippen molar-refractivity contribution in [3.63, 3.8) is 0 Å². The lowest BCUT2D eigenvalue weighted by atomic mass is 9.92. The standard InChI is InChI=1S/C14H18N2O3/c1-14(13(18)19,10-5-3-2-4-6-10)16-12(17)9-15-11-7-8-11/h2-6,11,15H,7-9H2,1H3,(H,16,17)(H,18,19). The topological polar surface area (TPSA) is 78.4 Å². The summed E-state index contributed by atoms with van der Waals surface area (Å²) in [6.45, 7) is 1.65. The molecule has 0 radical (unpaired) electrons. The lowest BCUT2D eigenvalue weighted by Crippen LogP contribution is -2.52. The largest absolute Gasteiger partial charge is 0.479 e. The highest BCUT2D eigenvalue weighted by Crippen LogP contribution is 2.21. The molecule has 3 N–H and O–H groups in total. The Kier molecular flexibility index (Phi) is 3.85. The van der Waals surface area contributed by atoms with Gasteiger partial charge in [-0.2, -0.15) is 0 Å². The van der Waals surface area contributed by atoms with E-state index in [2.05, 4.69) is 10.6 Å². The van der Waals surface area contributed by atoms with Gasteiger partial charge in [0.05, 0.1) is 6.54 Å². The van der Waals surface area contributed by atoms with E-state index in [4.69, 9.17) is 0 Å². The highest BCUT2D eigenvalue weighted by Gasteiger charge is 2.36. The first kappa shape index (κ1) is 13.5. The predicted octanol–water partition coefficient (Wildman–Crippen LogP) is 0.855. The second kappa shape index (κ2) is 5.40. The van der Waals surface area contributed by atoms with Gasteiger partial charge in [-0.15, -0.1) is 0 Å². The Morgan fingerprint density at radius 1 is 1.32 bits per heavy atom. The summed E-state index contributed by atoms with van der Waals surface area (Å²) in [5, 5.41) is 15.0. The molecule has 1 saturated carbocycles. The number of carboxylic acids is 1. The zero-order chi connectivity index (χ0) is 13.9. The minimum absolute atomic E-state index is 0.153. The van der Waals surface area contributed by atoms with E-state index in [9.17, 15) is 14.7 Å². The Bertz CT molecular complexity index is 471. The monoisotopic (exact) mass is 262 g/mol. The van der Waals surface area contributed by atoms with Crippen LogP contribution in [0.5, 0.6) is 0 Å². The van der Waals surface area contributed by atoms with Crippen molar-refractivity contribution in [3.8, 4) is 0 Å². The van der Waals surface area contributed by atoms with Crippen LogP contribution in [-0.2, 0) is 15.1 Å². The molecule has 19 heavy (non-hydrogen) atoms. The van der Waals surface area contributed by atoms with Gasteiger partial charge >= 0.3 is 5.97 Å². The lowest BCUT2D eigenvalue weighted by Gasteiger charge is -2.26. The van der Waals surface area contributed by atoms with E-state index in [1.54, 1.807) is 24.3 Å². The second-order valence-corrected chi connectivity index (χ2v) is 5.00.